The van der Waals surface area contributed by atoms with E-state index in [4.69, 9.17) is 18.9 Å². The van der Waals surface area contributed by atoms with Crippen LogP contribution in [0.25, 0.3) is 0 Å². The van der Waals surface area contributed by atoms with Crippen LogP contribution in [0.1, 0.15) is 20.7 Å². The summed E-state index contributed by atoms with van der Waals surface area (Å²) < 4.78 is 20.6. The molecular weight excluding hydrogens is 380 g/mol. The van der Waals surface area contributed by atoms with Crippen LogP contribution < -0.4 is 24.8 Å². The summed E-state index contributed by atoms with van der Waals surface area (Å²) in [5.41, 5.74) is 1.06. The van der Waals surface area contributed by atoms with Crippen LogP contribution in [0.3, 0.4) is 0 Å². The number of methoxy groups -OCH3 is 3. The molecule has 2 aromatic carbocycles. The highest BCUT2D eigenvalue weighted by atomic mass is 16.5. The Bertz CT molecular complexity index is 869. The first-order valence-corrected chi connectivity index (χ1v) is 8.52. The Morgan fingerprint density at radius 3 is 1.93 bits per heavy atom. The third kappa shape index (κ3) is 5.38. The zero-order chi connectivity index (χ0) is 21.4. The zero-order valence-corrected chi connectivity index (χ0v) is 16.5. The molecule has 0 aliphatic carbocycles. The lowest BCUT2D eigenvalue weighted by atomic mass is 10.2. The first kappa shape index (κ1) is 21.5. The largest absolute Gasteiger partial charge is 0.493 e. The van der Waals surface area contributed by atoms with E-state index in [0.29, 0.717) is 28.5 Å². The van der Waals surface area contributed by atoms with Crippen molar-refractivity contribution in [2.75, 3.05) is 40.3 Å². The number of carbonyl (C=O) groups is 3. The van der Waals surface area contributed by atoms with Gasteiger partial charge in [0.25, 0.3) is 11.8 Å². The predicted molar refractivity (Wildman–Crippen MR) is 105 cm³/mol. The van der Waals surface area contributed by atoms with Gasteiger partial charge in [-0.25, -0.2) is 4.79 Å². The molecule has 0 bridgehead atoms. The molecule has 0 atom stereocenters. The summed E-state index contributed by atoms with van der Waals surface area (Å²) in [5, 5.41) is 5.08. The summed E-state index contributed by atoms with van der Waals surface area (Å²) in [6, 6.07) is 9.14. The molecule has 2 N–H and O–H groups in total. The molecule has 0 saturated heterocycles. The minimum Gasteiger partial charge on any atom is -0.493 e. The van der Waals surface area contributed by atoms with E-state index in [-0.39, 0.29) is 11.5 Å². The molecule has 9 nitrogen and oxygen atoms in total. The zero-order valence-electron chi connectivity index (χ0n) is 16.5. The number of amides is 2. The van der Waals surface area contributed by atoms with Gasteiger partial charge in [0, 0.05) is 18.3 Å². The van der Waals surface area contributed by atoms with Gasteiger partial charge in [0.15, 0.2) is 18.1 Å². The van der Waals surface area contributed by atoms with Gasteiger partial charge in [-0.05, 0) is 36.4 Å². The van der Waals surface area contributed by atoms with Crippen molar-refractivity contribution < 1.29 is 33.3 Å². The topological polar surface area (TPSA) is 112 Å². The molecule has 0 aliphatic heterocycles. The van der Waals surface area contributed by atoms with Crippen LogP contribution in [0.15, 0.2) is 36.4 Å². The summed E-state index contributed by atoms with van der Waals surface area (Å²) in [6.45, 7) is -0.493. The van der Waals surface area contributed by atoms with Crippen molar-refractivity contribution in [2.45, 2.75) is 0 Å². The molecule has 2 aromatic rings. The molecule has 0 spiro atoms. The molecule has 0 fully saturated rings. The lowest BCUT2D eigenvalue weighted by Gasteiger charge is -2.13. The van der Waals surface area contributed by atoms with Crippen LogP contribution in [0.2, 0.25) is 0 Å². The molecule has 0 aliphatic rings. The van der Waals surface area contributed by atoms with E-state index in [9.17, 15) is 14.4 Å². The molecule has 0 saturated carbocycles. The number of hydrogen-bond acceptors (Lipinski definition) is 7. The molecule has 0 unspecified atom stereocenters. The third-order valence-electron chi connectivity index (χ3n) is 3.89. The number of hydrogen-bond donors (Lipinski definition) is 2. The van der Waals surface area contributed by atoms with E-state index in [2.05, 4.69) is 10.6 Å². The molecule has 0 heterocycles. The Hall–Kier alpha value is -3.75. The fraction of sp³-hybridized carbons (Fsp3) is 0.250. The second-order valence-electron chi connectivity index (χ2n) is 5.69. The van der Waals surface area contributed by atoms with Gasteiger partial charge in [0.05, 0.1) is 26.9 Å². The maximum absolute atomic E-state index is 12.3. The summed E-state index contributed by atoms with van der Waals surface area (Å²) >= 11 is 0. The van der Waals surface area contributed by atoms with E-state index in [0.717, 1.165) is 0 Å². The second-order valence-corrected chi connectivity index (χ2v) is 5.69. The number of esters is 1. The minimum absolute atomic E-state index is 0.141. The quantitative estimate of drug-likeness (QED) is 0.648. The van der Waals surface area contributed by atoms with Crippen molar-refractivity contribution in [3.05, 3.63) is 47.5 Å². The van der Waals surface area contributed by atoms with Crippen LogP contribution in [-0.4, -0.2) is 52.8 Å². The molecule has 29 heavy (non-hydrogen) atoms. The molecular formula is C20H22N2O7. The maximum atomic E-state index is 12.3. The Balaban J connectivity index is 1.99. The lowest BCUT2D eigenvalue weighted by Crippen LogP contribution is -2.21. The number of carbonyl (C=O) groups excluding carboxylic acids is 3. The van der Waals surface area contributed by atoms with Crippen molar-refractivity contribution in [1.29, 1.82) is 0 Å². The normalized spacial score (nSPS) is 9.93. The number of benzene rings is 2. The second kappa shape index (κ2) is 9.98. The van der Waals surface area contributed by atoms with Gasteiger partial charge in [-0.3, -0.25) is 9.59 Å². The van der Waals surface area contributed by atoms with E-state index in [1.807, 2.05) is 0 Å². The van der Waals surface area contributed by atoms with Crippen LogP contribution in [0.5, 0.6) is 17.2 Å². The summed E-state index contributed by atoms with van der Waals surface area (Å²) in [4.78, 5) is 35.8. The van der Waals surface area contributed by atoms with Crippen LogP contribution >= 0.6 is 0 Å². The van der Waals surface area contributed by atoms with Crippen molar-refractivity contribution in [3.63, 3.8) is 0 Å². The molecule has 9 heteroatoms. The first-order chi connectivity index (χ1) is 13.9. The number of nitrogens with one attached hydrogen (secondary N) is 2. The van der Waals surface area contributed by atoms with E-state index in [1.54, 1.807) is 24.3 Å². The van der Waals surface area contributed by atoms with Gasteiger partial charge < -0.3 is 29.6 Å². The molecule has 2 amide bonds. The Morgan fingerprint density at radius 2 is 1.45 bits per heavy atom. The molecule has 154 valence electrons. The summed E-state index contributed by atoms with van der Waals surface area (Å²) in [7, 11) is 5.83. The average molecular weight is 402 g/mol. The molecule has 0 radical (unpaired) electrons. The Labute approximate surface area is 167 Å². The van der Waals surface area contributed by atoms with E-state index < -0.39 is 18.5 Å². The van der Waals surface area contributed by atoms with Crippen LogP contribution in [0, 0.1) is 0 Å². The Morgan fingerprint density at radius 1 is 0.862 bits per heavy atom. The first-order valence-electron chi connectivity index (χ1n) is 8.52. The Kier molecular flexibility index (Phi) is 7.41. The van der Waals surface area contributed by atoms with E-state index >= 15 is 0 Å². The van der Waals surface area contributed by atoms with Gasteiger partial charge >= 0.3 is 5.97 Å². The maximum Gasteiger partial charge on any atom is 0.338 e. The van der Waals surface area contributed by atoms with Crippen LogP contribution in [0.4, 0.5) is 5.69 Å². The highest BCUT2D eigenvalue weighted by Crippen LogP contribution is 2.38. The number of rotatable bonds is 8. The lowest BCUT2D eigenvalue weighted by molar-refractivity contribution is -0.119. The van der Waals surface area contributed by atoms with Gasteiger partial charge in [-0.2, -0.15) is 0 Å². The van der Waals surface area contributed by atoms with Crippen molar-refractivity contribution in [2.24, 2.45) is 0 Å². The smallest absolute Gasteiger partial charge is 0.338 e. The molecule has 2 rings (SSSR count). The number of ether oxygens (including phenoxy) is 4. The van der Waals surface area contributed by atoms with Gasteiger partial charge in [-0.15, -0.1) is 0 Å². The van der Waals surface area contributed by atoms with Gasteiger partial charge in [-0.1, -0.05) is 0 Å². The fourth-order valence-electron chi connectivity index (χ4n) is 2.46. The SMILES string of the molecule is CNC(=O)c1ccc(NC(=O)COC(=O)c2cc(OC)c(OC)c(OC)c2)cc1. The summed E-state index contributed by atoms with van der Waals surface area (Å²) in [6.07, 6.45) is 0. The minimum atomic E-state index is -0.727. The molecule has 0 aromatic heterocycles. The van der Waals surface area contributed by atoms with Gasteiger partial charge in [0.1, 0.15) is 0 Å². The third-order valence-corrected chi connectivity index (χ3v) is 3.89. The summed E-state index contributed by atoms with van der Waals surface area (Å²) in [5.74, 6) is -0.571. The highest BCUT2D eigenvalue weighted by Gasteiger charge is 2.18. The average Bonchev–Trinajstić information content (AvgIpc) is 2.76. The highest BCUT2D eigenvalue weighted by molar-refractivity contribution is 5.97. The van der Waals surface area contributed by atoms with Crippen molar-refractivity contribution >= 4 is 23.5 Å². The van der Waals surface area contributed by atoms with E-state index in [1.165, 1.54) is 40.5 Å². The fourth-order valence-corrected chi connectivity index (χ4v) is 2.46. The number of anilines is 1. The van der Waals surface area contributed by atoms with Crippen molar-refractivity contribution in [1.82, 2.24) is 5.32 Å². The van der Waals surface area contributed by atoms with Crippen LogP contribution in [-0.2, 0) is 9.53 Å². The van der Waals surface area contributed by atoms with Crippen molar-refractivity contribution in [3.8, 4) is 17.2 Å². The predicted octanol–water partition coefficient (Wildman–Crippen LogP) is 1.87. The van der Waals surface area contributed by atoms with Gasteiger partial charge in [0.2, 0.25) is 5.75 Å². The standard InChI is InChI=1S/C20H22N2O7/c1-21-19(24)12-5-7-14(8-6-12)22-17(23)11-29-20(25)13-9-15(26-2)18(28-4)16(10-13)27-3/h5-10H,11H2,1-4H3,(H,21,24)(H,22,23). The monoisotopic (exact) mass is 402 g/mol.